The van der Waals surface area contributed by atoms with E-state index in [2.05, 4.69) is 83.8 Å². The molecule has 0 bridgehead atoms. The molecule has 0 amide bonds. The molecule has 174 valence electrons. The van der Waals surface area contributed by atoms with Gasteiger partial charge in [0.25, 0.3) is 0 Å². The van der Waals surface area contributed by atoms with Crippen molar-refractivity contribution in [3.8, 4) is 5.75 Å². The van der Waals surface area contributed by atoms with E-state index in [9.17, 15) is 0 Å². The third-order valence-electron chi connectivity index (χ3n) is 6.93. The van der Waals surface area contributed by atoms with E-state index in [1.165, 1.54) is 66.2 Å². The number of benzene rings is 4. The standard InChI is InChI=1S/C31H32ClNO/c32-26-16-14-25(15-17-26)31(24-10-4-3-5-11-24)29-18-19-30(28-13-7-6-12-27(28)29)34-23-22-33-20-8-1-2-9-21-33/h3-7,10-19,31H,1-2,8-9,20-23H2/t31-/m1/s1. The molecular weight excluding hydrogens is 438 g/mol. The van der Waals surface area contributed by atoms with Crippen LogP contribution >= 0.6 is 11.6 Å². The van der Waals surface area contributed by atoms with Crippen molar-refractivity contribution >= 4 is 22.4 Å². The summed E-state index contributed by atoms with van der Waals surface area (Å²) in [5.41, 5.74) is 3.78. The minimum atomic E-state index is 0.120. The normalized spacial score (nSPS) is 15.7. The Morgan fingerprint density at radius 1 is 0.676 bits per heavy atom. The molecule has 0 unspecified atom stereocenters. The molecular formula is C31H32ClNO. The van der Waals surface area contributed by atoms with Gasteiger partial charge in [0.1, 0.15) is 12.4 Å². The fraction of sp³-hybridized carbons (Fsp3) is 0.290. The summed E-state index contributed by atoms with van der Waals surface area (Å²) in [6.45, 7) is 4.11. The number of fused-ring (bicyclic) bond motifs is 1. The lowest BCUT2D eigenvalue weighted by molar-refractivity contribution is 0.215. The molecule has 34 heavy (non-hydrogen) atoms. The maximum Gasteiger partial charge on any atom is 0.127 e. The van der Waals surface area contributed by atoms with Crippen molar-refractivity contribution in [1.82, 2.24) is 4.90 Å². The molecule has 1 aliphatic rings. The zero-order chi connectivity index (χ0) is 23.2. The van der Waals surface area contributed by atoms with E-state index in [0.29, 0.717) is 0 Å². The maximum absolute atomic E-state index is 6.37. The molecule has 0 aromatic heterocycles. The molecule has 1 fully saturated rings. The zero-order valence-corrected chi connectivity index (χ0v) is 20.4. The van der Waals surface area contributed by atoms with E-state index >= 15 is 0 Å². The van der Waals surface area contributed by atoms with E-state index in [1.807, 2.05) is 12.1 Å². The quantitative estimate of drug-likeness (QED) is 0.255. The highest BCUT2D eigenvalue weighted by atomic mass is 35.5. The largest absolute Gasteiger partial charge is 0.492 e. The fourth-order valence-corrected chi connectivity index (χ4v) is 5.30. The van der Waals surface area contributed by atoms with Gasteiger partial charge in [-0.1, -0.05) is 97.2 Å². The second-order valence-electron chi connectivity index (χ2n) is 9.20. The van der Waals surface area contributed by atoms with Gasteiger partial charge in [-0.15, -0.1) is 0 Å². The van der Waals surface area contributed by atoms with E-state index in [4.69, 9.17) is 16.3 Å². The first kappa shape index (κ1) is 23.0. The minimum Gasteiger partial charge on any atom is -0.492 e. The third-order valence-corrected chi connectivity index (χ3v) is 7.18. The molecule has 1 atom stereocenters. The summed E-state index contributed by atoms with van der Waals surface area (Å²) < 4.78 is 6.37. The monoisotopic (exact) mass is 469 g/mol. The first-order valence-electron chi connectivity index (χ1n) is 12.5. The van der Waals surface area contributed by atoms with E-state index in [-0.39, 0.29) is 5.92 Å². The van der Waals surface area contributed by atoms with Gasteiger partial charge >= 0.3 is 0 Å². The minimum absolute atomic E-state index is 0.120. The highest BCUT2D eigenvalue weighted by Crippen LogP contribution is 2.39. The van der Waals surface area contributed by atoms with Crippen molar-refractivity contribution in [2.75, 3.05) is 26.2 Å². The Bertz CT molecular complexity index is 1200. The van der Waals surface area contributed by atoms with Crippen molar-refractivity contribution in [2.24, 2.45) is 0 Å². The summed E-state index contributed by atoms with van der Waals surface area (Å²) in [6, 6.07) is 32.0. The average molecular weight is 470 g/mol. The van der Waals surface area contributed by atoms with Crippen molar-refractivity contribution in [2.45, 2.75) is 31.6 Å². The van der Waals surface area contributed by atoms with Gasteiger partial charge in [0, 0.05) is 22.9 Å². The van der Waals surface area contributed by atoms with Crippen LogP contribution in [0.4, 0.5) is 0 Å². The van der Waals surface area contributed by atoms with Crippen molar-refractivity contribution in [3.63, 3.8) is 0 Å². The van der Waals surface area contributed by atoms with Crippen LogP contribution in [0.2, 0.25) is 5.02 Å². The van der Waals surface area contributed by atoms with Crippen LogP contribution in [0.3, 0.4) is 0 Å². The number of nitrogens with zero attached hydrogens (tertiary/aromatic N) is 1. The van der Waals surface area contributed by atoms with Crippen LogP contribution in [0.1, 0.15) is 48.3 Å². The second kappa shape index (κ2) is 11.1. The topological polar surface area (TPSA) is 12.5 Å². The van der Waals surface area contributed by atoms with Crippen molar-refractivity contribution in [1.29, 1.82) is 0 Å². The number of hydrogen-bond acceptors (Lipinski definition) is 2. The summed E-state index contributed by atoms with van der Waals surface area (Å²) in [4.78, 5) is 2.55. The molecule has 1 aliphatic heterocycles. The molecule has 2 nitrogen and oxygen atoms in total. The summed E-state index contributed by atoms with van der Waals surface area (Å²) in [5.74, 6) is 1.09. The first-order chi connectivity index (χ1) is 16.8. The van der Waals surface area contributed by atoms with Crippen LogP contribution < -0.4 is 4.74 Å². The van der Waals surface area contributed by atoms with Gasteiger partial charge in [-0.05, 0) is 66.2 Å². The van der Waals surface area contributed by atoms with Gasteiger partial charge in [-0.2, -0.15) is 0 Å². The Morgan fingerprint density at radius 2 is 1.32 bits per heavy atom. The lowest BCUT2D eigenvalue weighted by Gasteiger charge is -2.23. The lowest BCUT2D eigenvalue weighted by atomic mass is 9.83. The van der Waals surface area contributed by atoms with Gasteiger partial charge in [-0.3, -0.25) is 4.90 Å². The van der Waals surface area contributed by atoms with Crippen molar-refractivity contribution < 1.29 is 4.74 Å². The predicted octanol–water partition coefficient (Wildman–Crippen LogP) is 7.93. The molecule has 4 aromatic carbocycles. The van der Waals surface area contributed by atoms with Crippen LogP contribution in [0, 0.1) is 0 Å². The fourth-order valence-electron chi connectivity index (χ4n) is 5.17. The number of halogens is 1. The van der Waals surface area contributed by atoms with E-state index < -0.39 is 0 Å². The van der Waals surface area contributed by atoms with Crippen molar-refractivity contribution in [3.05, 3.63) is 113 Å². The van der Waals surface area contributed by atoms with Gasteiger partial charge in [-0.25, -0.2) is 0 Å². The number of likely N-dealkylation sites (tertiary alicyclic amines) is 1. The van der Waals surface area contributed by atoms with Gasteiger partial charge in [0.05, 0.1) is 0 Å². The number of ether oxygens (including phenoxy) is 1. The predicted molar refractivity (Wildman–Crippen MR) is 143 cm³/mol. The zero-order valence-electron chi connectivity index (χ0n) is 19.6. The molecule has 5 rings (SSSR count). The van der Waals surface area contributed by atoms with Crippen LogP contribution in [0.25, 0.3) is 10.8 Å². The molecule has 0 saturated carbocycles. The number of rotatable bonds is 7. The summed E-state index contributed by atoms with van der Waals surface area (Å²) in [6.07, 6.45) is 5.34. The van der Waals surface area contributed by atoms with Crippen LogP contribution in [-0.4, -0.2) is 31.1 Å². The Kier molecular flexibility index (Phi) is 7.48. The molecule has 0 radical (unpaired) electrons. The third kappa shape index (κ3) is 5.29. The Morgan fingerprint density at radius 3 is 2.06 bits per heavy atom. The molecule has 0 aliphatic carbocycles. The smallest absolute Gasteiger partial charge is 0.127 e. The Labute approximate surface area is 208 Å². The summed E-state index contributed by atoms with van der Waals surface area (Å²) in [7, 11) is 0. The summed E-state index contributed by atoms with van der Waals surface area (Å²) in [5, 5.41) is 3.16. The first-order valence-corrected chi connectivity index (χ1v) is 12.8. The highest BCUT2D eigenvalue weighted by Gasteiger charge is 2.20. The second-order valence-corrected chi connectivity index (χ2v) is 9.63. The highest BCUT2D eigenvalue weighted by molar-refractivity contribution is 6.30. The Hall–Kier alpha value is -2.81. The molecule has 1 heterocycles. The van der Waals surface area contributed by atoms with Crippen LogP contribution in [0.15, 0.2) is 91.0 Å². The molecule has 0 spiro atoms. The Balaban J connectivity index is 1.47. The lowest BCUT2D eigenvalue weighted by Crippen LogP contribution is -2.29. The SMILES string of the molecule is Clc1ccc([C@@H](c2ccccc2)c2ccc(OCCN3CCCCCC3)c3ccccc23)cc1. The molecule has 1 saturated heterocycles. The number of hydrogen-bond donors (Lipinski definition) is 0. The van der Waals surface area contributed by atoms with Crippen LogP contribution in [0.5, 0.6) is 5.75 Å². The van der Waals surface area contributed by atoms with Gasteiger partial charge < -0.3 is 4.74 Å². The van der Waals surface area contributed by atoms with E-state index in [0.717, 1.165) is 23.9 Å². The average Bonchev–Trinajstić information content (AvgIpc) is 3.16. The van der Waals surface area contributed by atoms with E-state index in [1.54, 1.807) is 0 Å². The molecule has 0 N–H and O–H groups in total. The molecule has 3 heteroatoms. The van der Waals surface area contributed by atoms with Crippen LogP contribution in [-0.2, 0) is 0 Å². The molecule has 4 aromatic rings. The van der Waals surface area contributed by atoms with Gasteiger partial charge in [0.2, 0.25) is 0 Å². The summed E-state index contributed by atoms with van der Waals surface area (Å²) >= 11 is 6.22. The maximum atomic E-state index is 6.37. The van der Waals surface area contributed by atoms with Gasteiger partial charge in [0.15, 0.2) is 0 Å².